The van der Waals surface area contributed by atoms with E-state index in [0.717, 1.165) is 28.7 Å². The van der Waals surface area contributed by atoms with Crippen LogP contribution in [0.3, 0.4) is 0 Å². The van der Waals surface area contributed by atoms with Gasteiger partial charge in [-0.3, -0.25) is 14.9 Å². The number of nitrogens with one attached hydrogen (secondary N) is 1. The number of thioether (sulfide) groups is 1. The van der Waals surface area contributed by atoms with Crippen molar-refractivity contribution < 1.29 is 9.72 Å². The smallest absolute Gasteiger partial charge is 0.337 e. The van der Waals surface area contributed by atoms with Crippen molar-refractivity contribution in [2.45, 2.75) is 11.4 Å². The van der Waals surface area contributed by atoms with Gasteiger partial charge in [0.05, 0.1) is 15.6 Å². The van der Waals surface area contributed by atoms with E-state index in [0.29, 0.717) is 16.5 Å². The third-order valence-electron chi connectivity index (χ3n) is 2.57. The molecule has 1 amide bonds. The van der Waals surface area contributed by atoms with Crippen LogP contribution in [-0.4, -0.2) is 16.6 Å². The van der Waals surface area contributed by atoms with Crippen molar-refractivity contribution in [2.24, 2.45) is 0 Å². The molecule has 0 spiro atoms. The minimum atomic E-state index is -0.436. The van der Waals surface area contributed by atoms with Crippen LogP contribution in [0, 0.1) is 10.1 Å². The average Bonchev–Trinajstić information content (AvgIpc) is 2.93. The van der Waals surface area contributed by atoms with Gasteiger partial charge in [0, 0.05) is 11.6 Å². The zero-order valence-electron chi connectivity index (χ0n) is 10.7. The fourth-order valence-corrected chi connectivity index (χ4v) is 3.53. The summed E-state index contributed by atoms with van der Waals surface area (Å²) >= 11 is 8.20. The minimum absolute atomic E-state index is 0.0684. The molecule has 0 fully saturated rings. The van der Waals surface area contributed by atoms with Crippen LogP contribution in [0.5, 0.6) is 0 Å². The van der Waals surface area contributed by atoms with Gasteiger partial charge >= 0.3 is 5.00 Å². The Balaban J connectivity index is 1.84. The number of carbonyl (C=O) groups is 1. The molecule has 0 aliphatic rings. The topological polar surface area (TPSA) is 72.2 Å². The third-order valence-corrected chi connectivity index (χ3v) is 4.98. The number of hydrogen-bond acceptors (Lipinski definition) is 5. The normalized spacial score (nSPS) is 10.3. The molecule has 21 heavy (non-hydrogen) atoms. The maximum absolute atomic E-state index is 11.8. The molecule has 0 aliphatic carbocycles. The van der Waals surface area contributed by atoms with Crippen LogP contribution >= 0.6 is 34.7 Å². The summed E-state index contributed by atoms with van der Waals surface area (Å²) in [6.45, 7) is 0.338. The van der Waals surface area contributed by atoms with Crippen molar-refractivity contribution in [3.8, 4) is 0 Å². The number of thiophene rings is 1. The Morgan fingerprint density at radius 1 is 1.38 bits per heavy atom. The van der Waals surface area contributed by atoms with Crippen molar-refractivity contribution >= 4 is 45.6 Å². The molecular weight excluding hydrogens is 332 g/mol. The number of benzene rings is 1. The van der Waals surface area contributed by atoms with Crippen LogP contribution in [0.1, 0.15) is 5.56 Å². The summed E-state index contributed by atoms with van der Waals surface area (Å²) in [6.07, 6.45) is 0. The second-order valence-electron chi connectivity index (χ2n) is 4.00. The fourth-order valence-electron chi connectivity index (χ4n) is 1.56. The number of nitro groups is 1. The number of hydrogen-bond donors (Lipinski definition) is 1. The Morgan fingerprint density at radius 3 is 2.86 bits per heavy atom. The maximum Gasteiger partial charge on any atom is 0.337 e. The molecule has 0 bridgehead atoms. The van der Waals surface area contributed by atoms with Crippen LogP contribution in [0.25, 0.3) is 0 Å². The Hall–Kier alpha value is -1.57. The van der Waals surface area contributed by atoms with Crippen LogP contribution in [-0.2, 0) is 11.3 Å². The molecule has 1 aromatic carbocycles. The van der Waals surface area contributed by atoms with E-state index in [1.165, 1.54) is 0 Å². The molecular formula is C13H11ClN2O3S2. The summed E-state index contributed by atoms with van der Waals surface area (Å²) in [7, 11) is 0. The van der Waals surface area contributed by atoms with Crippen LogP contribution in [0.15, 0.2) is 40.6 Å². The first-order valence-corrected chi connectivity index (χ1v) is 8.17. The minimum Gasteiger partial charge on any atom is -0.351 e. The zero-order valence-corrected chi connectivity index (χ0v) is 13.1. The second-order valence-corrected chi connectivity index (χ2v) is 6.32. The number of carbonyl (C=O) groups excluding carboxylic acids is 1. The van der Waals surface area contributed by atoms with Gasteiger partial charge in [-0.25, -0.2) is 0 Å². The standard InChI is InChI=1S/C13H11ClN2O3S2/c14-10-4-2-1-3-9(10)7-15-12(17)8-21-11-5-6-20-13(11)16(18)19/h1-6H,7-8H2,(H,15,17). The van der Waals surface area contributed by atoms with E-state index >= 15 is 0 Å². The van der Waals surface area contributed by atoms with Gasteiger partial charge in [0.15, 0.2) is 0 Å². The molecule has 0 unspecified atom stereocenters. The Kier molecular flexibility index (Phi) is 5.60. The van der Waals surface area contributed by atoms with Gasteiger partial charge < -0.3 is 5.32 Å². The van der Waals surface area contributed by atoms with E-state index in [1.54, 1.807) is 17.5 Å². The van der Waals surface area contributed by atoms with E-state index in [4.69, 9.17) is 11.6 Å². The molecule has 2 aromatic rings. The predicted molar refractivity (Wildman–Crippen MR) is 85.0 cm³/mol. The highest BCUT2D eigenvalue weighted by Crippen LogP contribution is 2.33. The van der Waals surface area contributed by atoms with Crippen LogP contribution in [0.4, 0.5) is 5.00 Å². The molecule has 0 radical (unpaired) electrons. The predicted octanol–water partition coefficient (Wildman–Crippen LogP) is 3.72. The van der Waals surface area contributed by atoms with Crippen LogP contribution < -0.4 is 5.32 Å². The second kappa shape index (κ2) is 7.44. The lowest BCUT2D eigenvalue weighted by Crippen LogP contribution is -2.24. The molecule has 0 saturated heterocycles. The molecule has 110 valence electrons. The first-order chi connectivity index (χ1) is 10.1. The number of halogens is 1. The Morgan fingerprint density at radius 2 is 2.14 bits per heavy atom. The Bertz CT molecular complexity index is 660. The van der Waals surface area contributed by atoms with Crippen LogP contribution in [0.2, 0.25) is 5.02 Å². The highest BCUT2D eigenvalue weighted by Gasteiger charge is 2.16. The highest BCUT2D eigenvalue weighted by molar-refractivity contribution is 8.00. The summed E-state index contributed by atoms with van der Waals surface area (Å²) in [5, 5.41) is 15.8. The Labute approximate surface area is 134 Å². The summed E-state index contributed by atoms with van der Waals surface area (Å²) in [5.41, 5.74) is 0.832. The van der Waals surface area contributed by atoms with E-state index in [9.17, 15) is 14.9 Å². The van der Waals surface area contributed by atoms with Gasteiger partial charge in [0.1, 0.15) is 0 Å². The SMILES string of the molecule is O=C(CSc1ccsc1[N+](=O)[O-])NCc1ccccc1Cl. The molecule has 0 aliphatic heterocycles. The summed E-state index contributed by atoms with van der Waals surface area (Å²) in [6, 6.07) is 8.90. The van der Waals surface area contributed by atoms with Gasteiger partial charge in [0.25, 0.3) is 0 Å². The van der Waals surface area contributed by atoms with E-state index in [-0.39, 0.29) is 16.7 Å². The van der Waals surface area contributed by atoms with Crippen molar-refractivity contribution in [3.05, 3.63) is 56.4 Å². The first kappa shape index (κ1) is 15.8. The third kappa shape index (κ3) is 4.45. The number of amides is 1. The lowest BCUT2D eigenvalue weighted by Gasteiger charge is -2.06. The molecule has 1 N–H and O–H groups in total. The maximum atomic E-state index is 11.8. The molecule has 5 nitrogen and oxygen atoms in total. The quantitative estimate of drug-likeness (QED) is 0.493. The average molecular weight is 343 g/mol. The van der Waals surface area contributed by atoms with Gasteiger partial charge in [0.2, 0.25) is 5.91 Å². The van der Waals surface area contributed by atoms with Gasteiger partial charge in [-0.1, -0.05) is 41.1 Å². The lowest BCUT2D eigenvalue weighted by molar-refractivity contribution is -0.382. The molecule has 0 saturated carbocycles. The monoisotopic (exact) mass is 342 g/mol. The van der Waals surface area contributed by atoms with Crippen molar-refractivity contribution in [1.29, 1.82) is 0 Å². The summed E-state index contributed by atoms with van der Waals surface area (Å²) < 4.78 is 0. The van der Waals surface area contributed by atoms with Crippen molar-refractivity contribution in [2.75, 3.05) is 5.75 Å². The molecule has 1 aromatic heterocycles. The van der Waals surface area contributed by atoms with Gasteiger partial charge in [-0.05, 0) is 23.1 Å². The number of rotatable bonds is 6. The van der Waals surface area contributed by atoms with E-state index in [1.807, 2.05) is 18.2 Å². The van der Waals surface area contributed by atoms with Gasteiger partial charge in [-0.2, -0.15) is 0 Å². The molecule has 1 heterocycles. The number of nitrogens with zero attached hydrogens (tertiary/aromatic N) is 1. The molecule has 8 heteroatoms. The van der Waals surface area contributed by atoms with Crippen molar-refractivity contribution in [1.82, 2.24) is 5.32 Å². The zero-order chi connectivity index (χ0) is 15.2. The highest BCUT2D eigenvalue weighted by atomic mass is 35.5. The van der Waals surface area contributed by atoms with E-state index < -0.39 is 4.92 Å². The summed E-state index contributed by atoms with van der Waals surface area (Å²) in [4.78, 5) is 22.6. The van der Waals surface area contributed by atoms with Gasteiger partial charge in [-0.15, -0.1) is 11.8 Å². The van der Waals surface area contributed by atoms with E-state index in [2.05, 4.69) is 5.32 Å². The molecule has 0 atom stereocenters. The fraction of sp³-hybridized carbons (Fsp3) is 0.154. The molecule has 2 rings (SSSR count). The summed E-state index contributed by atoms with van der Waals surface area (Å²) in [5.74, 6) is -0.0670. The first-order valence-electron chi connectivity index (χ1n) is 5.92. The van der Waals surface area contributed by atoms with Crippen molar-refractivity contribution in [3.63, 3.8) is 0 Å². The largest absolute Gasteiger partial charge is 0.351 e. The lowest BCUT2D eigenvalue weighted by atomic mass is 10.2.